The van der Waals surface area contributed by atoms with Crippen molar-refractivity contribution in [1.82, 2.24) is 5.32 Å². The Hall–Kier alpha value is -0.290. The molecule has 0 aromatic heterocycles. The van der Waals surface area contributed by atoms with Crippen LogP contribution in [0.3, 0.4) is 0 Å². The summed E-state index contributed by atoms with van der Waals surface area (Å²) >= 11 is 0. The van der Waals surface area contributed by atoms with Gasteiger partial charge >= 0.3 is 6.18 Å². The summed E-state index contributed by atoms with van der Waals surface area (Å²) in [6.07, 6.45) is 6.77. The van der Waals surface area contributed by atoms with Crippen LogP contribution in [0.4, 0.5) is 13.2 Å². The number of ether oxygens (including phenoxy) is 1. The molecule has 0 radical (unpaired) electrons. The van der Waals surface area contributed by atoms with E-state index in [0.29, 0.717) is 6.42 Å². The van der Waals surface area contributed by atoms with Crippen LogP contribution in [0.5, 0.6) is 0 Å². The highest BCUT2D eigenvalue weighted by Crippen LogP contribution is 2.14. The van der Waals surface area contributed by atoms with E-state index in [0.717, 1.165) is 19.5 Å². The summed E-state index contributed by atoms with van der Waals surface area (Å²) in [6.45, 7) is 2.94. The molecule has 1 N–H and O–H groups in total. The fourth-order valence-electron chi connectivity index (χ4n) is 2.00. The molecule has 122 valence electrons. The topological polar surface area (TPSA) is 21.3 Å². The SMILES string of the molecule is CCCCCCCCCCNCCCOCC(F)(F)F. The first-order valence-corrected chi connectivity index (χ1v) is 7.91. The first-order chi connectivity index (χ1) is 9.56. The highest BCUT2D eigenvalue weighted by atomic mass is 19.4. The fraction of sp³-hybridized carbons (Fsp3) is 1.00. The van der Waals surface area contributed by atoms with Crippen LogP contribution >= 0.6 is 0 Å². The predicted molar refractivity (Wildman–Crippen MR) is 77.0 cm³/mol. The summed E-state index contributed by atoms with van der Waals surface area (Å²) in [7, 11) is 0. The Kier molecular flexibility index (Phi) is 13.5. The van der Waals surface area contributed by atoms with E-state index in [1.807, 2.05) is 0 Å². The third kappa shape index (κ3) is 17.7. The van der Waals surface area contributed by atoms with Gasteiger partial charge < -0.3 is 10.1 Å². The molecule has 20 heavy (non-hydrogen) atoms. The van der Waals surface area contributed by atoms with Gasteiger partial charge in [-0.3, -0.25) is 0 Å². The Morgan fingerprint density at radius 1 is 0.800 bits per heavy atom. The molecule has 0 spiro atoms. The Balaban J connectivity index is 2.99. The maximum atomic E-state index is 11.8. The van der Waals surface area contributed by atoms with Crippen LogP contribution in [0, 0.1) is 0 Å². The normalized spacial score (nSPS) is 12.0. The molecule has 0 aliphatic rings. The van der Waals surface area contributed by atoms with Gasteiger partial charge in [-0.1, -0.05) is 51.9 Å². The monoisotopic (exact) mass is 297 g/mol. The van der Waals surface area contributed by atoms with Crippen molar-refractivity contribution in [2.75, 3.05) is 26.3 Å². The predicted octanol–water partition coefficient (Wildman–Crippen LogP) is 4.69. The number of halogens is 3. The average molecular weight is 297 g/mol. The van der Waals surface area contributed by atoms with E-state index in [1.165, 1.54) is 44.9 Å². The molecule has 0 unspecified atom stereocenters. The van der Waals surface area contributed by atoms with Gasteiger partial charge in [-0.05, 0) is 25.9 Å². The van der Waals surface area contributed by atoms with Gasteiger partial charge in [0.25, 0.3) is 0 Å². The molecule has 0 bridgehead atoms. The van der Waals surface area contributed by atoms with Gasteiger partial charge in [0.2, 0.25) is 0 Å². The van der Waals surface area contributed by atoms with Gasteiger partial charge in [0.1, 0.15) is 6.61 Å². The number of hydrogen-bond donors (Lipinski definition) is 1. The van der Waals surface area contributed by atoms with Crippen molar-refractivity contribution in [1.29, 1.82) is 0 Å². The van der Waals surface area contributed by atoms with E-state index in [4.69, 9.17) is 0 Å². The molecule has 0 fully saturated rings. The Morgan fingerprint density at radius 3 is 1.95 bits per heavy atom. The average Bonchev–Trinajstić information content (AvgIpc) is 2.38. The van der Waals surface area contributed by atoms with Crippen molar-refractivity contribution in [3.63, 3.8) is 0 Å². The molecule has 0 aromatic rings. The molecule has 0 aromatic carbocycles. The number of alkyl halides is 3. The van der Waals surface area contributed by atoms with E-state index in [9.17, 15) is 13.2 Å². The van der Waals surface area contributed by atoms with Gasteiger partial charge in [0.05, 0.1) is 0 Å². The molecule has 0 heterocycles. The van der Waals surface area contributed by atoms with Crippen LogP contribution in [0.15, 0.2) is 0 Å². The number of rotatable bonds is 14. The van der Waals surface area contributed by atoms with Crippen LogP contribution in [0.1, 0.15) is 64.7 Å². The van der Waals surface area contributed by atoms with E-state index in [2.05, 4.69) is 17.0 Å². The van der Waals surface area contributed by atoms with Crippen LogP contribution in [-0.2, 0) is 4.74 Å². The summed E-state index contributed by atoms with van der Waals surface area (Å²) in [4.78, 5) is 0. The molecule has 2 nitrogen and oxygen atoms in total. The Morgan fingerprint density at radius 2 is 1.35 bits per heavy atom. The second-order valence-corrected chi connectivity index (χ2v) is 5.25. The van der Waals surface area contributed by atoms with Crippen molar-refractivity contribution in [3.05, 3.63) is 0 Å². The lowest BCUT2D eigenvalue weighted by molar-refractivity contribution is -0.173. The molecule has 0 saturated carbocycles. The summed E-state index contributed by atoms with van der Waals surface area (Å²) in [5.41, 5.74) is 0. The number of nitrogens with one attached hydrogen (secondary N) is 1. The van der Waals surface area contributed by atoms with Crippen molar-refractivity contribution < 1.29 is 17.9 Å². The maximum absolute atomic E-state index is 11.8. The molecular formula is C15H30F3NO. The zero-order valence-corrected chi connectivity index (χ0v) is 12.7. The molecular weight excluding hydrogens is 267 g/mol. The lowest BCUT2D eigenvalue weighted by Crippen LogP contribution is -2.21. The third-order valence-corrected chi connectivity index (χ3v) is 3.12. The molecule has 0 aliphatic carbocycles. The minimum Gasteiger partial charge on any atom is -0.372 e. The Bertz CT molecular complexity index is 198. The standard InChI is InChI=1S/C15H30F3NO/c1-2-3-4-5-6-7-8-9-11-19-12-10-13-20-14-15(16,17)18/h19H,2-14H2,1H3. The molecule has 0 rings (SSSR count). The third-order valence-electron chi connectivity index (χ3n) is 3.12. The zero-order chi connectivity index (χ0) is 15.1. The summed E-state index contributed by atoms with van der Waals surface area (Å²) in [6, 6.07) is 0. The number of unbranched alkanes of at least 4 members (excludes halogenated alkanes) is 7. The van der Waals surface area contributed by atoms with Crippen LogP contribution in [-0.4, -0.2) is 32.5 Å². The lowest BCUT2D eigenvalue weighted by atomic mass is 10.1. The largest absolute Gasteiger partial charge is 0.411 e. The van der Waals surface area contributed by atoms with Gasteiger partial charge in [-0.25, -0.2) is 0 Å². The van der Waals surface area contributed by atoms with E-state index in [-0.39, 0.29) is 6.61 Å². The van der Waals surface area contributed by atoms with Crippen molar-refractivity contribution in [2.45, 2.75) is 70.9 Å². The smallest absolute Gasteiger partial charge is 0.372 e. The highest BCUT2D eigenvalue weighted by molar-refractivity contribution is 4.51. The van der Waals surface area contributed by atoms with Gasteiger partial charge in [0.15, 0.2) is 0 Å². The lowest BCUT2D eigenvalue weighted by Gasteiger charge is -2.08. The Labute approximate surface area is 121 Å². The van der Waals surface area contributed by atoms with Gasteiger partial charge in [-0.15, -0.1) is 0 Å². The van der Waals surface area contributed by atoms with Crippen molar-refractivity contribution >= 4 is 0 Å². The second kappa shape index (κ2) is 13.7. The summed E-state index contributed by atoms with van der Waals surface area (Å²) in [5.74, 6) is 0. The molecule has 0 saturated heterocycles. The van der Waals surface area contributed by atoms with Gasteiger partial charge in [0, 0.05) is 6.61 Å². The maximum Gasteiger partial charge on any atom is 0.411 e. The minimum atomic E-state index is -4.20. The van der Waals surface area contributed by atoms with E-state index >= 15 is 0 Å². The molecule has 0 aliphatic heterocycles. The van der Waals surface area contributed by atoms with Crippen LogP contribution in [0.2, 0.25) is 0 Å². The van der Waals surface area contributed by atoms with Crippen LogP contribution in [0.25, 0.3) is 0 Å². The molecule has 0 atom stereocenters. The first-order valence-electron chi connectivity index (χ1n) is 7.91. The van der Waals surface area contributed by atoms with Crippen molar-refractivity contribution in [2.24, 2.45) is 0 Å². The fourth-order valence-corrected chi connectivity index (χ4v) is 2.00. The van der Waals surface area contributed by atoms with Gasteiger partial charge in [-0.2, -0.15) is 13.2 Å². The first kappa shape index (κ1) is 19.7. The minimum absolute atomic E-state index is 0.171. The highest BCUT2D eigenvalue weighted by Gasteiger charge is 2.27. The molecule has 0 amide bonds. The second-order valence-electron chi connectivity index (χ2n) is 5.25. The number of hydrogen-bond acceptors (Lipinski definition) is 2. The molecule has 5 heteroatoms. The van der Waals surface area contributed by atoms with E-state index < -0.39 is 12.8 Å². The zero-order valence-electron chi connectivity index (χ0n) is 12.7. The van der Waals surface area contributed by atoms with Crippen LogP contribution < -0.4 is 5.32 Å². The summed E-state index contributed by atoms with van der Waals surface area (Å²) < 4.78 is 39.8. The van der Waals surface area contributed by atoms with Crippen molar-refractivity contribution in [3.8, 4) is 0 Å². The van der Waals surface area contributed by atoms with E-state index in [1.54, 1.807) is 0 Å². The quantitative estimate of drug-likeness (QED) is 0.470. The summed E-state index contributed by atoms with van der Waals surface area (Å²) in [5, 5.41) is 3.23.